The predicted octanol–water partition coefficient (Wildman–Crippen LogP) is 2.16. The maximum Gasteiger partial charge on any atom is 0.223 e. The van der Waals surface area contributed by atoms with Crippen molar-refractivity contribution in [2.45, 2.75) is 32.7 Å². The lowest BCUT2D eigenvalue weighted by Gasteiger charge is -2.31. The fourth-order valence-corrected chi connectivity index (χ4v) is 2.79. The van der Waals surface area contributed by atoms with Crippen LogP contribution in [0.4, 0.5) is 0 Å². The summed E-state index contributed by atoms with van der Waals surface area (Å²) < 4.78 is 0. The summed E-state index contributed by atoms with van der Waals surface area (Å²) in [6.07, 6.45) is 6.77. The van der Waals surface area contributed by atoms with Gasteiger partial charge in [-0.05, 0) is 36.9 Å². The van der Waals surface area contributed by atoms with E-state index in [2.05, 4.69) is 16.8 Å². The van der Waals surface area contributed by atoms with Gasteiger partial charge in [-0.3, -0.25) is 9.78 Å². The average Bonchev–Trinajstić information content (AvgIpc) is 2.46. The van der Waals surface area contributed by atoms with Crippen LogP contribution in [-0.2, 0) is 11.3 Å². The molecule has 1 unspecified atom stereocenters. The zero-order valence-electron chi connectivity index (χ0n) is 12.6. The molecule has 1 amide bonds. The summed E-state index contributed by atoms with van der Waals surface area (Å²) in [7, 11) is 1.87. The van der Waals surface area contributed by atoms with Crippen molar-refractivity contribution in [2.75, 3.05) is 26.7 Å². The highest BCUT2D eigenvalue weighted by atomic mass is 16.2. The Morgan fingerprint density at radius 3 is 3.10 bits per heavy atom. The SMILES string of the molecule is CC1CCCN(CCC(=O)N(C)Cc2cccnc2)C1. The van der Waals surface area contributed by atoms with Gasteiger partial charge in [-0.25, -0.2) is 0 Å². The zero-order valence-corrected chi connectivity index (χ0v) is 12.6. The van der Waals surface area contributed by atoms with Crippen molar-refractivity contribution >= 4 is 5.91 Å². The molecule has 2 rings (SSSR count). The minimum Gasteiger partial charge on any atom is -0.341 e. The van der Waals surface area contributed by atoms with E-state index < -0.39 is 0 Å². The number of aromatic nitrogens is 1. The number of carbonyl (C=O) groups is 1. The summed E-state index contributed by atoms with van der Waals surface area (Å²) in [6, 6.07) is 3.91. The van der Waals surface area contributed by atoms with Gasteiger partial charge in [-0.15, -0.1) is 0 Å². The van der Waals surface area contributed by atoms with Crippen LogP contribution in [0.5, 0.6) is 0 Å². The molecular weight excluding hydrogens is 250 g/mol. The second kappa shape index (κ2) is 7.39. The number of carbonyl (C=O) groups excluding carboxylic acids is 1. The van der Waals surface area contributed by atoms with Gasteiger partial charge in [0.05, 0.1) is 0 Å². The lowest BCUT2D eigenvalue weighted by molar-refractivity contribution is -0.130. The molecule has 110 valence electrons. The van der Waals surface area contributed by atoms with Crippen molar-refractivity contribution in [3.05, 3.63) is 30.1 Å². The van der Waals surface area contributed by atoms with Gasteiger partial charge in [0.15, 0.2) is 0 Å². The minimum atomic E-state index is 0.215. The second-order valence-electron chi connectivity index (χ2n) is 5.91. The van der Waals surface area contributed by atoms with E-state index in [0.29, 0.717) is 13.0 Å². The number of hydrogen-bond acceptors (Lipinski definition) is 3. The standard InChI is InChI=1S/C16H25N3O/c1-14-5-4-9-19(12-14)10-7-16(20)18(2)13-15-6-3-8-17-11-15/h3,6,8,11,14H,4-5,7,9-10,12-13H2,1-2H3. The van der Waals surface area contributed by atoms with Gasteiger partial charge in [0.1, 0.15) is 0 Å². The molecule has 0 aromatic carbocycles. The number of nitrogens with zero attached hydrogens (tertiary/aromatic N) is 3. The Morgan fingerprint density at radius 2 is 2.40 bits per heavy atom. The van der Waals surface area contributed by atoms with Crippen LogP contribution in [0.1, 0.15) is 31.7 Å². The van der Waals surface area contributed by atoms with Crippen LogP contribution in [0.15, 0.2) is 24.5 Å². The van der Waals surface area contributed by atoms with E-state index in [1.54, 1.807) is 11.1 Å². The maximum absolute atomic E-state index is 12.2. The average molecular weight is 275 g/mol. The van der Waals surface area contributed by atoms with Crippen molar-refractivity contribution < 1.29 is 4.79 Å². The topological polar surface area (TPSA) is 36.4 Å². The Balaban J connectivity index is 1.74. The molecule has 4 heteroatoms. The summed E-state index contributed by atoms with van der Waals surface area (Å²) in [4.78, 5) is 20.4. The third-order valence-electron chi connectivity index (χ3n) is 3.95. The largest absolute Gasteiger partial charge is 0.341 e. The Labute approximate surface area is 121 Å². The Bertz CT molecular complexity index is 421. The molecule has 20 heavy (non-hydrogen) atoms. The first-order valence-electron chi connectivity index (χ1n) is 7.50. The molecule has 1 atom stereocenters. The molecule has 0 saturated carbocycles. The first-order valence-corrected chi connectivity index (χ1v) is 7.50. The number of likely N-dealkylation sites (tertiary alicyclic amines) is 1. The van der Waals surface area contributed by atoms with Gasteiger partial charge in [0, 0.05) is 45.5 Å². The van der Waals surface area contributed by atoms with Crippen LogP contribution >= 0.6 is 0 Å². The van der Waals surface area contributed by atoms with E-state index in [9.17, 15) is 4.79 Å². The van der Waals surface area contributed by atoms with Crippen LogP contribution in [0.25, 0.3) is 0 Å². The van der Waals surface area contributed by atoms with E-state index in [-0.39, 0.29) is 5.91 Å². The minimum absolute atomic E-state index is 0.215. The van der Waals surface area contributed by atoms with Gasteiger partial charge < -0.3 is 9.80 Å². The predicted molar refractivity (Wildman–Crippen MR) is 80.2 cm³/mol. The second-order valence-corrected chi connectivity index (χ2v) is 5.91. The molecule has 0 spiro atoms. The zero-order chi connectivity index (χ0) is 14.4. The molecule has 0 aliphatic carbocycles. The van der Waals surface area contributed by atoms with Gasteiger partial charge >= 0.3 is 0 Å². The molecule has 1 fully saturated rings. The third kappa shape index (κ3) is 4.60. The van der Waals surface area contributed by atoms with Crippen molar-refractivity contribution in [1.29, 1.82) is 0 Å². The van der Waals surface area contributed by atoms with Crippen LogP contribution in [0.3, 0.4) is 0 Å². The monoisotopic (exact) mass is 275 g/mol. The summed E-state index contributed by atoms with van der Waals surface area (Å²) in [6.45, 7) is 6.11. The molecule has 0 radical (unpaired) electrons. The first-order chi connectivity index (χ1) is 9.65. The highest BCUT2D eigenvalue weighted by molar-refractivity contribution is 5.76. The van der Waals surface area contributed by atoms with Crippen molar-refractivity contribution in [3.63, 3.8) is 0 Å². The molecule has 1 aromatic heterocycles. The lowest BCUT2D eigenvalue weighted by Crippen LogP contribution is -2.37. The van der Waals surface area contributed by atoms with Crippen LogP contribution in [0, 0.1) is 5.92 Å². The Morgan fingerprint density at radius 1 is 1.55 bits per heavy atom. The first kappa shape index (κ1) is 15.0. The number of piperidine rings is 1. The van der Waals surface area contributed by atoms with Crippen LogP contribution in [0.2, 0.25) is 0 Å². The number of amides is 1. The van der Waals surface area contributed by atoms with Crippen molar-refractivity contribution in [1.82, 2.24) is 14.8 Å². The summed E-state index contributed by atoms with van der Waals surface area (Å²) in [5.74, 6) is 0.985. The highest BCUT2D eigenvalue weighted by Gasteiger charge is 2.17. The summed E-state index contributed by atoms with van der Waals surface area (Å²) in [5, 5.41) is 0. The number of pyridine rings is 1. The van der Waals surface area contributed by atoms with E-state index >= 15 is 0 Å². The molecule has 1 aliphatic rings. The molecule has 0 bridgehead atoms. The molecule has 1 aliphatic heterocycles. The normalized spacial score (nSPS) is 19.8. The fraction of sp³-hybridized carbons (Fsp3) is 0.625. The molecular formula is C16H25N3O. The molecule has 0 N–H and O–H groups in total. The van der Waals surface area contributed by atoms with E-state index in [1.165, 1.54) is 12.8 Å². The number of rotatable bonds is 5. The third-order valence-corrected chi connectivity index (χ3v) is 3.95. The summed E-state index contributed by atoms with van der Waals surface area (Å²) >= 11 is 0. The van der Waals surface area contributed by atoms with Crippen LogP contribution < -0.4 is 0 Å². The van der Waals surface area contributed by atoms with E-state index in [4.69, 9.17) is 0 Å². The Hall–Kier alpha value is -1.42. The number of hydrogen-bond donors (Lipinski definition) is 0. The van der Waals surface area contributed by atoms with Crippen molar-refractivity contribution in [2.24, 2.45) is 5.92 Å². The summed E-state index contributed by atoms with van der Waals surface area (Å²) in [5.41, 5.74) is 1.08. The molecule has 1 aromatic rings. The smallest absolute Gasteiger partial charge is 0.223 e. The maximum atomic E-state index is 12.2. The Kier molecular flexibility index (Phi) is 5.53. The highest BCUT2D eigenvalue weighted by Crippen LogP contribution is 2.15. The van der Waals surface area contributed by atoms with Gasteiger partial charge in [-0.1, -0.05) is 13.0 Å². The fourth-order valence-electron chi connectivity index (χ4n) is 2.79. The van der Waals surface area contributed by atoms with Crippen LogP contribution in [-0.4, -0.2) is 47.4 Å². The van der Waals surface area contributed by atoms with E-state index in [0.717, 1.165) is 31.1 Å². The van der Waals surface area contributed by atoms with Crippen molar-refractivity contribution in [3.8, 4) is 0 Å². The lowest BCUT2D eigenvalue weighted by atomic mass is 10.0. The van der Waals surface area contributed by atoms with Gasteiger partial charge in [-0.2, -0.15) is 0 Å². The van der Waals surface area contributed by atoms with Gasteiger partial charge in [0.25, 0.3) is 0 Å². The van der Waals surface area contributed by atoms with E-state index in [1.807, 2.05) is 25.4 Å². The molecule has 1 saturated heterocycles. The van der Waals surface area contributed by atoms with Gasteiger partial charge in [0.2, 0.25) is 5.91 Å². The molecule has 2 heterocycles. The quantitative estimate of drug-likeness (QED) is 0.826. The molecule has 4 nitrogen and oxygen atoms in total.